The minimum atomic E-state index is -0.994. The van der Waals surface area contributed by atoms with Crippen LogP contribution in [0.15, 0.2) is 72.8 Å². The summed E-state index contributed by atoms with van der Waals surface area (Å²) in [4.78, 5) is 11.5. The first-order chi connectivity index (χ1) is 19.3. The van der Waals surface area contributed by atoms with Gasteiger partial charge in [0.15, 0.2) is 11.6 Å². The zero-order valence-corrected chi connectivity index (χ0v) is 23.1. The van der Waals surface area contributed by atoms with Crippen molar-refractivity contribution in [2.75, 3.05) is 26.7 Å². The molecular formula is C32H37F3O5. The molecule has 8 heteroatoms. The predicted molar refractivity (Wildman–Crippen MR) is 150 cm³/mol. The van der Waals surface area contributed by atoms with Crippen LogP contribution in [-0.2, 0) is 22.4 Å². The number of hydrogen-bond donors (Lipinski definition) is 1. The fraction of sp³-hybridized carbons (Fsp3) is 0.344. The number of carbonyl (C=O) groups excluding carboxylic acids is 1. The molecule has 0 unspecified atom stereocenters. The second-order valence-electron chi connectivity index (χ2n) is 9.04. The van der Waals surface area contributed by atoms with E-state index in [2.05, 4.69) is 18.2 Å². The molecule has 5 nitrogen and oxygen atoms in total. The van der Waals surface area contributed by atoms with Crippen molar-refractivity contribution in [3.05, 3.63) is 95.6 Å². The number of esters is 1. The van der Waals surface area contributed by atoms with Crippen molar-refractivity contribution in [2.45, 2.75) is 46.0 Å². The summed E-state index contributed by atoms with van der Waals surface area (Å²) >= 11 is 0. The van der Waals surface area contributed by atoms with Gasteiger partial charge in [-0.3, -0.25) is 0 Å². The predicted octanol–water partition coefficient (Wildman–Crippen LogP) is 7.39. The van der Waals surface area contributed by atoms with Crippen LogP contribution in [0, 0.1) is 11.6 Å². The fourth-order valence-electron chi connectivity index (χ4n) is 3.72. The third kappa shape index (κ3) is 11.1. The van der Waals surface area contributed by atoms with Crippen molar-refractivity contribution in [1.82, 2.24) is 0 Å². The van der Waals surface area contributed by atoms with Crippen molar-refractivity contribution in [2.24, 2.45) is 0 Å². The number of rotatable bonds is 14. The van der Waals surface area contributed by atoms with Gasteiger partial charge in [-0.2, -0.15) is 0 Å². The third-order valence-electron chi connectivity index (χ3n) is 5.82. The van der Waals surface area contributed by atoms with Crippen LogP contribution in [0.25, 0.3) is 11.1 Å². The standard InChI is InChI=1S/C20H21FO4.C12H16F2O/c1-14(2)20(23)25-11-9-17-13-16(5-8-19(17)24-12-10-22)15-3-6-18(21)7-4-15;1-2-3-4-5-10-6-7-12(15-9-13)11(14)8-10/h3-8,13,22H,1,9-12H2,2H3;6-8H,2-5,9H2,1H3. The highest BCUT2D eigenvalue weighted by Gasteiger charge is 2.10. The van der Waals surface area contributed by atoms with E-state index in [4.69, 9.17) is 14.6 Å². The second kappa shape index (κ2) is 17.7. The summed E-state index contributed by atoms with van der Waals surface area (Å²) in [7, 11) is 0. The summed E-state index contributed by atoms with van der Waals surface area (Å²) in [5, 5.41) is 8.95. The lowest BCUT2D eigenvalue weighted by atomic mass is 10.0. The molecule has 40 heavy (non-hydrogen) atoms. The van der Waals surface area contributed by atoms with E-state index in [0.29, 0.717) is 17.7 Å². The molecule has 3 aromatic rings. The lowest BCUT2D eigenvalue weighted by Gasteiger charge is -2.13. The number of aliphatic hydroxyl groups excluding tert-OH is 1. The van der Waals surface area contributed by atoms with Crippen molar-refractivity contribution in [1.29, 1.82) is 0 Å². The minimum absolute atomic E-state index is 0.0169. The molecule has 3 rings (SSSR count). The van der Waals surface area contributed by atoms with Gasteiger partial charge in [-0.15, -0.1) is 0 Å². The average molecular weight is 559 g/mol. The molecule has 0 aromatic heterocycles. The molecule has 0 fully saturated rings. The normalized spacial score (nSPS) is 10.3. The summed E-state index contributed by atoms with van der Waals surface area (Å²) in [6, 6.07) is 16.5. The van der Waals surface area contributed by atoms with Gasteiger partial charge in [0.25, 0.3) is 0 Å². The van der Waals surface area contributed by atoms with Crippen molar-refractivity contribution < 1.29 is 37.3 Å². The van der Waals surface area contributed by atoms with E-state index in [1.807, 2.05) is 12.1 Å². The molecule has 0 aliphatic carbocycles. The number of aryl methyl sites for hydroxylation is 1. The quantitative estimate of drug-likeness (QED) is 0.127. The van der Waals surface area contributed by atoms with Gasteiger partial charge in [0, 0.05) is 12.0 Å². The number of hydrogen-bond acceptors (Lipinski definition) is 5. The van der Waals surface area contributed by atoms with Crippen LogP contribution in [-0.4, -0.2) is 37.8 Å². The molecule has 0 bridgehead atoms. The van der Waals surface area contributed by atoms with Gasteiger partial charge in [-0.25, -0.2) is 18.0 Å². The molecule has 0 radical (unpaired) electrons. The molecule has 0 atom stereocenters. The topological polar surface area (TPSA) is 65.0 Å². The van der Waals surface area contributed by atoms with E-state index < -0.39 is 18.6 Å². The van der Waals surface area contributed by atoms with Gasteiger partial charge in [0.1, 0.15) is 18.2 Å². The monoisotopic (exact) mass is 558 g/mol. The lowest BCUT2D eigenvalue weighted by Crippen LogP contribution is -2.10. The zero-order chi connectivity index (χ0) is 29.3. The summed E-state index contributed by atoms with van der Waals surface area (Å²) in [6.07, 6.45) is 4.66. The molecule has 1 N–H and O–H groups in total. The molecule has 3 aromatic carbocycles. The van der Waals surface area contributed by atoms with Crippen LogP contribution in [0.2, 0.25) is 0 Å². The Labute approximate surface area is 234 Å². The van der Waals surface area contributed by atoms with E-state index in [1.54, 1.807) is 31.2 Å². The summed E-state index contributed by atoms with van der Waals surface area (Å²) in [6.45, 7) is 6.53. The first-order valence-electron chi connectivity index (χ1n) is 13.2. The highest BCUT2D eigenvalue weighted by atomic mass is 19.1. The van der Waals surface area contributed by atoms with Crippen LogP contribution in [0.1, 0.15) is 44.2 Å². The Hall–Kier alpha value is -3.78. The summed E-state index contributed by atoms with van der Waals surface area (Å²) < 4.78 is 53.3. The molecule has 0 heterocycles. The second-order valence-corrected chi connectivity index (χ2v) is 9.04. The molecule has 216 valence electrons. The summed E-state index contributed by atoms with van der Waals surface area (Å²) in [5.74, 6) is -0.615. The number of carbonyl (C=O) groups is 1. The number of unbranched alkanes of at least 4 members (excludes halogenated alkanes) is 2. The SMILES string of the molecule is C=C(C)C(=O)OCCc1cc(-c2ccc(F)cc2)ccc1OCCO.CCCCCc1ccc(OCF)c(F)c1. The van der Waals surface area contributed by atoms with Crippen LogP contribution >= 0.6 is 0 Å². The Morgan fingerprint density at radius 1 is 0.875 bits per heavy atom. The van der Waals surface area contributed by atoms with E-state index in [1.165, 1.54) is 24.3 Å². The van der Waals surface area contributed by atoms with Gasteiger partial charge in [-0.05, 0) is 78.4 Å². The molecule has 0 aliphatic heterocycles. The maximum absolute atomic E-state index is 13.3. The molecule has 0 amide bonds. The van der Waals surface area contributed by atoms with Gasteiger partial charge in [0.2, 0.25) is 6.86 Å². The van der Waals surface area contributed by atoms with Crippen LogP contribution in [0.3, 0.4) is 0 Å². The molecule has 0 saturated heterocycles. The van der Waals surface area contributed by atoms with Gasteiger partial charge >= 0.3 is 5.97 Å². The highest BCUT2D eigenvalue weighted by Crippen LogP contribution is 2.28. The minimum Gasteiger partial charge on any atom is -0.491 e. The van der Waals surface area contributed by atoms with Gasteiger partial charge in [0.05, 0.1) is 13.2 Å². The van der Waals surface area contributed by atoms with E-state index in [9.17, 15) is 18.0 Å². The Morgan fingerprint density at radius 2 is 1.57 bits per heavy atom. The first kappa shape index (κ1) is 32.4. The van der Waals surface area contributed by atoms with Gasteiger partial charge in [-0.1, -0.05) is 50.6 Å². The number of benzene rings is 3. The molecule has 0 aliphatic rings. The fourth-order valence-corrected chi connectivity index (χ4v) is 3.72. The number of ether oxygens (including phenoxy) is 3. The Bertz CT molecular complexity index is 1210. The lowest BCUT2D eigenvalue weighted by molar-refractivity contribution is -0.138. The molecule has 0 saturated carbocycles. The van der Waals surface area contributed by atoms with Crippen LogP contribution < -0.4 is 9.47 Å². The van der Waals surface area contributed by atoms with Crippen molar-refractivity contribution in [3.8, 4) is 22.6 Å². The largest absolute Gasteiger partial charge is 0.491 e. The number of halogens is 3. The first-order valence-corrected chi connectivity index (χ1v) is 13.2. The maximum Gasteiger partial charge on any atom is 0.333 e. The summed E-state index contributed by atoms with van der Waals surface area (Å²) in [5.41, 5.74) is 3.89. The Balaban J connectivity index is 0.000000319. The Kier molecular flexibility index (Phi) is 14.4. The average Bonchev–Trinajstić information content (AvgIpc) is 2.94. The smallest absolute Gasteiger partial charge is 0.333 e. The van der Waals surface area contributed by atoms with Crippen LogP contribution in [0.4, 0.5) is 13.2 Å². The maximum atomic E-state index is 13.3. The number of alkyl halides is 1. The highest BCUT2D eigenvalue weighted by molar-refractivity contribution is 5.86. The van der Waals surface area contributed by atoms with Gasteiger partial charge < -0.3 is 19.3 Å². The van der Waals surface area contributed by atoms with E-state index >= 15 is 0 Å². The van der Waals surface area contributed by atoms with Crippen molar-refractivity contribution in [3.63, 3.8) is 0 Å². The molecule has 0 spiro atoms. The van der Waals surface area contributed by atoms with E-state index in [0.717, 1.165) is 47.9 Å². The zero-order valence-electron chi connectivity index (χ0n) is 23.1. The van der Waals surface area contributed by atoms with Crippen molar-refractivity contribution >= 4 is 5.97 Å². The Morgan fingerprint density at radius 3 is 2.20 bits per heavy atom. The van der Waals surface area contributed by atoms with E-state index in [-0.39, 0.29) is 31.4 Å². The number of aliphatic hydroxyl groups is 1. The third-order valence-corrected chi connectivity index (χ3v) is 5.82. The molecular weight excluding hydrogens is 521 g/mol. The van der Waals surface area contributed by atoms with Crippen LogP contribution in [0.5, 0.6) is 11.5 Å².